The maximum atomic E-state index is 12.6. The van der Waals surface area contributed by atoms with E-state index in [0.29, 0.717) is 35.9 Å². The van der Waals surface area contributed by atoms with Crippen molar-refractivity contribution >= 4 is 28.4 Å². The number of ether oxygens (including phenoxy) is 1. The Bertz CT molecular complexity index is 1060. The molecule has 0 radical (unpaired) electrons. The van der Waals surface area contributed by atoms with E-state index in [9.17, 15) is 9.59 Å². The Morgan fingerprint density at radius 1 is 1.13 bits per heavy atom. The number of rotatable bonds is 9. The third kappa shape index (κ3) is 5.70. The van der Waals surface area contributed by atoms with Crippen molar-refractivity contribution in [2.24, 2.45) is 0 Å². The van der Waals surface area contributed by atoms with Crippen molar-refractivity contribution < 1.29 is 9.53 Å². The summed E-state index contributed by atoms with van der Waals surface area (Å²) in [5.41, 5.74) is 1.47. The van der Waals surface area contributed by atoms with Crippen LogP contribution in [0.5, 0.6) is 0 Å². The van der Waals surface area contributed by atoms with Crippen molar-refractivity contribution in [3.8, 4) is 0 Å². The highest BCUT2D eigenvalue weighted by atomic mass is 32.2. The molecule has 3 aromatic rings. The quantitative estimate of drug-likeness (QED) is 0.532. The van der Waals surface area contributed by atoms with E-state index >= 15 is 0 Å². The van der Waals surface area contributed by atoms with Gasteiger partial charge in [0, 0.05) is 22.6 Å². The first-order valence-corrected chi connectivity index (χ1v) is 10.9. The first-order chi connectivity index (χ1) is 14.5. The van der Waals surface area contributed by atoms with Crippen molar-refractivity contribution in [1.29, 1.82) is 0 Å². The van der Waals surface area contributed by atoms with Gasteiger partial charge >= 0.3 is 0 Å². The molecule has 0 bridgehead atoms. The minimum Gasteiger partial charge on any atom is -0.383 e. The lowest BCUT2D eigenvalue weighted by molar-refractivity contribution is -0.120. The van der Waals surface area contributed by atoms with E-state index in [4.69, 9.17) is 4.74 Å². The van der Waals surface area contributed by atoms with Crippen molar-refractivity contribution in [3.05, 3.63) is 70.1 Å². The number of amides is 1. The molecule has 0 aliphatic heterocycles. The van der Waals surface area contributed by atoms with Crippen LogP contribution in [-0.4, -0.2) is 34.7 Å². The fourth-order valence-corrected chi connectivity index (χ4v) is 3.99. The Hall–Kier alpha value is -2.64. The van der Waals surface area contributed by atoms with Gasteiger partial charge in [0.15, 0.2) is 0 Å². The van der Waals surface area contributed by atoms with Crippen LogP contribution in [0.4, 0.5) is 0 Å². The number of carbonyl (C=O) groups excluding carboxylic acids is 1. The van der Waals surface area contributed by atoms with Crippen LogP contribution < -0.4 is 10.9 Å². The van der Waals surface area contributed by atoms with Gasteiger partial charge in [0.1, 0.15) is 0 Å². The van der Waals surface area contributed by atoms with Crippen LogP contribution in [0.3, 0.4) is 0 Å². The van der Waals surface area contributed by atoms with Crippen LogP contribution in [-0.2, 0) is 29.0 Å². The van der Waals surface area contributed by atoms with Crippen LogP contribution in [0.25, 0.3) is 10.8 Å². The maximum absolute atomic E-state index is 12.6. The van der Waals surface area contributed by atoms with E-state index in [2.05, 4.69) is 24.3 Å². The van der Waals surface area contributed by atoms with Crippen molar-refractivity contribution in [2.75, 3.05) is 13.7 Å². The Labute approximate surface area is 180 Å². The Morgan fingerprint density at radius 2 is 1.83 bits per heavy atom. The largest absolute Gasteiger partial charge is 0.383 e. The average Bonchev–Trinajstić information content (AvgIpc) is 2.73. The van der Waals surface area contributed by atoms with E-state index in [1.807, 2.05) is 42.5 Å². The lowest BCUT2D eigenvalue weighted by Gasteiger charge is -2.12. The topological polar surface area (TPSA) is 73.2 Å². The predicted molar refractivity (Wildman–Crippen MR) is 121 cm³/mol. The predicted octanol–water partition coefficient (Wildman–Crippen LogP) is 3.40. The maximum Gasteiger partial charge on any atom is 0.274 e. The molecule has 0 spiro atoms. The van der Waals surface area contributed by atoms with Crippen molar-refractivity contribution in [1.82, 2.24) is 15.1 Å². The van der Waals surface area contributed by atoms with Gasteiger partial charge in [-0.25, -0.2) is 4.68 Å². The fraction of sp³-hybridized carbons (Fsp3) is 0.348. The number of fused-ring (bicyclic) bond motifs is 1. The summed E-state index contributed by atoms with van der Waals surface area (Å²) >= 11 is 1.80. The highest BCUT2D eigenvalue weighted by Gasteiger charge is 2.12. The number of aromatic nitrogens is 2. The van der Waals surface area contributed by atoms with Crippen LogP contribution in [0.1, 0.15) is 25.1 Å². The van der Waals surface area contributed by atoms with E-state index in [1.54, 1.807) is 24.9 Å². The SMILES string of the molecule is COCCn1nc(CNC(=O)Cc2ccc(SC(C)C)cc2)c2ccccc2c1=O. The Balaban J connectivity index is 1.71. The van der Waals surface area contributed by atoms with Gasteiger partial charge in [-0.1, -0.05) is 44.2 Å². The van der Waals surface area contributed by atoms with Crippen molar-refractivity contribution in [3.63, 3.8) is 0 Å². The number of thioether (sulfide) groups is 1. The molecule has 2 aromatic carbocycles. The first-order valence-electron chi connectivity index (χ1n) is 9.98. The molecule has 0 aliphatic carbocycles. The molecule has 158 valence electrons. The van der Waals surface area contributed by atoms with Gasteiger partial charge in [0.2, 0.25) is 5.91 Å². The standard InChI is InChI=1S/C23H27N3O3S/c1-16(2)30-18-10-8-17(9-11-18)14-22(27)24-15-21-19-6-4-5-7-20(19)23(28)26(25-21)12-13-29-3/h4-11,16H,12-15H2,1-3H3,(H,24,27). The normalized spacial score (nSPS) is 11.2. The molecular formula is C23H27N3O3S. The number of hydrogen-bond donors (Lipinski definition) is 1. The zero-order chi connectivity index (χ0) is 21.5. The minimum absolute atomic E-state index is 0.0835. The second kappa shape index (κ2) is 10.4. The molecule has 3 rings (SSSR count). The number of benzene rings is 2. The highest BCUT2D eigenvalue weighted by molar-refractivity contribution is 7.99. The summed E-state index contributed by atoms with van der Waals surface area (Å²) in [4.78, 5) is 26.3. The summed E-state index contributed by atoms with van der Waals surface area (Å²) in [7, 11) is 1.58. The molecule has 0 unspecified atom stereocenters. The third-order valence-electron chi connectivity index (χ3n) is 4.56. The molecule has 1 amide bonds. The number of nitrogens with one attached hydrogen (secondary N) is 1. The summed E-state index contributed by atoms with van der Waals surface area (Å²) in [5.74, 6) is -0.0835. The second-order valence-electron chi connectivity index (χ2n) is 7.28. The Morgan fingerprint density at radius 3 is 2.50 bits per heavy atom. The van der Waals surface area contributed by atoms with Crippen molar-refractivity contribution in [2.45, 2.75) is 43.5 Å². The smallest absolute Gasteiger partial charge is 0.274 e. The summed E-state index contributed by atoms with van der Waals surface area (Å²) in [5, 5.41) is 9.27. The fourth-order valence-electron chi connectivity index (χ4n) is 3.15. The number of methoxy groups -OCH3 is 1. The molecule has 7 heteroatoms. The van der Waals surface area contributed by atoms with Gasteiger partial charge in [0.05, 0.1) is 37.2 Å². The molecule has 1 N–H and O–H groups in total. The van der Waals surface area contributed by atoms with Crippen LogP contribution in [0.15, 0.2) is 58.2 Å². The second-order valence-corrected chi connectivity index (χ2v) is 8.93. The highest BCUT2D eigenvalue weighted by Crippen LogP contribution is 2.23. The minimum atomic E-state index is -0.155. The number of hydrogen-bond acceptors (Lipinski definition) is 5. The molecule has 0 atom stereocenters. The molecule has 1 aromatic heterocycles. The van der Waals surface area contributed by atoms with Gasteiger partial charge < -0.3 is 10.1 Å². The molecule has 1 heterocycles. The zero-order valence-corrected chi connectivity index (χ0v) is 18.4. The van der Waals surface area contributed by atoms with E-state index < -0.39 is 0 Å². The summed E-state index contributed by atoms with van der Waals surface area (Å²) < 4.78 is 6.48. The van der Waals surface area contributed by atoms with Crippen LogP contribution in [0.2, 0.25) is 0 Å². The lowest BCUT2D eigenvalue weighted by atomic mass is 10.1. The molecular weight excluding hydrogens is 398 g/mol. The van der Waals surface area contributed by atoms with Gasteiger partial charge in [0.25, 0.3) is 5.56 Å². The third-order valence-corrected chi connectivity index (χ3v) is 5.58. The molecule has 0 aliphatic rings. The summed E-state index contributed by atoms with van der Waals surface area (Å²) in [6, 6.07) is 15.4. The van der Waals surface area contributed by atoms with Gasteiger partial charge in [-0.15, -0.1) is 11.8 Å². The van der Waals surface area contributed by atoms with Gasteiger partial charge in [-0.3, -0.25) is 9.59 Å². The molecule has 0 fully saturated rings. The van der Waals surface area contributed by atoms with Crippen LogP contribution >= 0.6 is 11.8 Å². The summed E-state index contributed by atoms with van der Waals surface area (Å²) in [6.07, 6.45) is 0.299. The number of nitrogens with zero attached hydrogens (tertiary/aromatic N) is 2. The Kier molecular flexibility index (Phi) is 7.65. The van der Waals surface area contributed by atoms with E-state index in [1.165, 1.54) is 9.58 Å². The molecule has 0 saturated carbocycles. The van der Waals surface area contributed by atoms with Gasteiger partial charge in [-0.05, 0) is 23.8 Å². The first kappa shape index (κ1) is 22.1. The van der Waals surface area contributed by atoms with E-state index in [0.717, 1.165) is 10.9 Å². The van der Waals surface area contributed by atoms with E-state index in [-0.39, 0.29) is 18.0 Å². The average molecular weight is 426 g/mol. The van der Waals surface area contributed by atoms with Crippen LogP contribution in [0, 0.1) is 0 Å². The summed E-state index contributed by atoms with van der Waals surface area (Å²) in [6.45, 7) is 5.32. The zero-order valence-electron chi connectivity index (χ0n) is 17.6. The molecule has 30 heavy (non-hydrogen) atoms. The van der Waals surface area contributed by atoms with Gasteiger partial charge in [-0.2, -0.15) is 5.10 Å². The monoisotopic (exact) mass is 425 g/mol. The lowest BCUT2D eigenvalue weighted by Crippen LogP contribution is -2.30. The molecule has 6 nitrogen and oxygen atoms in total. The molecule has 0 saturated heterocycles. The number of carbonyl (C=O) groups is 1.